The van der Waals surface area contributed by atoms with Crippen LogP contribution in [0.2, 0.25) is 0 Å². The van der Waals surface area contributed by atoms with Crippen molar-refractivity contribution in [2.75, 3.05) is 12.3 Å². The molecule has 0 amide bonds. The van der Waals surface area contributed by atoms with Crippen LogP contribution in [0.5, 0.6) is 0 Å². The zero-order valence-electron chi connectivity index (χ0n) is 9.91. The van der Waals surface area contributed by atoms with Crippen LogP contribution in [0.4, 0.5) is 0 Å². The number of unbranched alkanes of at least 4 members (excludes halogenated alkanes) is 1. The molecule has 1 rings (SSSR count). The molecule has 0 atom stereocenters. The van der Waals surface area contributed by atoms with Crippen LogP contribution in [-0.2, 0) is 10.0 Å². The average molecular weight is 312 g/mol. The van der Waals surface area contributed by atoms with Gasteiger partial charge in [0.05, 0.1) is 5.75 Å². The number of hydrogen-bond donors (Lipinski definition) is 1. The number of sulfonamides is 1. The summed E-state index contributed by atoms with van der Waals surface area (Å²) in [6.45, 7) is 2.64. The van der Waals surface area contributed by atoms with E-state index in [0.29, 0.717) is 17.3 Å². The van der Waals surface area contributed by atoms with E-state index < -0.39 is 10.0 Å². The number of halogens is 1. The van der Waals surface area contributed by atoms with Crippen LogP contribution >= 0.6 is 15.9 Å². The van der Waals surface area contributed by atoms with Gasteiger partial charge in [0.15, 0.2) is 0 Å². The topological polar surface area (TPSA) is 46.2 Å². The van der Waals surface area contributed by atoms with Crippen LogP contribution in [0.25, 0.3) is 0 Å². The lowest BCUT2D eigenvalue weighted by Crippen LogP contribution is -2.33. The van der Waals surface area contributed by atoms with E-state index >= 15 is 0 Å². The second kappa shape index (κ2) is 6.97. The van der Waals surface area contributed by atoms with Gasteiger partial charge in [-0.05, 0) is 38.0 Å². The summed E-state index contributed by atoms with van der Waals surface area (Å²) in [5, 5.41) is 0. The van der Waals surface area contributed by atoms with Crippen molar-refractivity contribution in [3.05, 3.63) is 0 Å². The number of nitrogens with one attached hydrogen (secondary N) is 1. The summed E-state index contributed by atoms with van der Waals surface area (Å²) in [6.07, 6.45) is 6.28. The first kappa shape index (κ1) is 14.5. The van der Waals surface area contributed by atoms with Gasteiger partial charge in [-0.2, -0.15) is 0 Å². The average Bonchev–Trinajstić information content (AvgIpc) is 2.26. The molecule has 0 spiro atoms. The van der Waals surface area contributed by atoms with Gasteiger partial charge in [0.1, 0.15) is 0 Å². The first-order valence-electron chi connectivity index (χ1n) is 6.15. The van der Waals surface area contributed by atoms with E-state index in [2.05, 4.69) is 20.7 Å². The van der Waals surface area contributed by atoms with E-state index in [0.717, 1.165) is 25.7 Å². The van der Waals surface area contributed by atoms with Gasteiger partial charge in [-0.15, -0.1) is 0 Å². The highest BCUT2D eigenvalue weighted by Crippen LogP contribution is 2.28. The lowest BCUT2D eigenvalue weighted by atomic mass is 9.89. The predicted molar refractivity (Wildman–Crippen MR) is 71.4 cm³/mol. The highest BCUT2D eigenvalue weighted by atomic mass is 79.9. The van der Waals surface area contributed by atoms with Crippen molar-refractivity contribution in [1.82, 2.24) is 4.72 Å². The normalized spacial score (nSPS) is 26.9. The maximum Gasteiger partial charge on any atom is 0.211 e. The van der Waals surface area contributed by atoms with Crippen molar-refractivity contribution in [2.45, 2.75) is 50.3 Å². The van der Waals surface area contributed by atoms with Gasteiger partial charge in [-0.1, -0.05) is 29.3 Å². The van der Waals surface area contributed by atoms with Gasteiger partial charge < -0.3 is 0 Å². The van der Waals surface area contributed by atoms with Crippen molar-refractivity contribution in [1.29, 1.82) is 0 Å². The maximum atomic E-state index is 11.6. The van der Waals surface area contributed by atoms with E-state index in [1.54, 1.807) is 0 Å². The monoisotopic (exact) mass is 311 g/mol. The summed E-state index contributed by atoms with van der Waals surface area (Å²) < 4.78 is 25.9. The van der Waals surface area contributed by atoms with Gasteiger partial charge >= 0.3 is 0 Å². The first-order valence-corrected chi connectivity index (χ1v) is 8.71. The highest BCUT2D eigenvalue weighted by Gasteiger charge is 2.20. The molecule has 1 saturated carbocycles. The summed E-state index contributed by atoms with van der Waals surface area (Å²) in [6, 6.07) is 0. The standard InChI is InChI=1S/C11H22BrNO2S/c1-2-3-8-16(14,15)13-9-10-4-6-11(12)7-5-10/h10-11,13H,2-9H2,1H3. The molecule has 0 aromatic carbocycles. The fourth-order valence-electron chi connectivity index (χ4n) is 1.98. The van der Waals surface area contributed by atoms with Crippen LogP contribution in [-0.4, -0.2) is 25.5 Å². The fourth-order valence-corrected chi connectivity index (χ4v) is 3.81. The molecule has 16 heavy (non-hydrogen) atoms. The third kappa shape index (κ3) is 5.64. The van der Waals surface area contributed by atoms with Crippen LogP contribution < -0.4 is 4.72 Å². The number of hydrogen-bond acceptors (Lipinski definition) is 2. The van der Waals surface area contributed by atoms with Crippen LogP contribution in [0.3, 0.4) is 0 Å². The van der Waals surface area contributed by atoms with Crippen molar-refractivity contribution in [3.8, 4) is 0 Å². The largest absolute Gasteiger partial charge is 0.215 e. The predicted octanol–water partition coefficient (Wildman–Crippen LogP) is 2.66. The van der Waals surface area contributed by atoms with Crippen molar-refractivity contribution in [3.63, 3.8) is 0 Å². The molecule has 1 aliphatic rings. The highest BCUT2D eigenvalue weighted by molar-refractivity contribution is 9.09. The van der Waals surface area contributed by atoms with Gasteiger partial charge in [-0.25, -0.2) is 13.1 Å². The molecule has 96 valence electrons. The third-order valence-corrected chi connectivity index (χ3v) is 5.48. The van der Waals surface area contributed by atoms with Crippen LogP contribution in [0.1, 0.15) is 45.4 Å². The van der Waals surface area contributed by atoms with Crippen molar-refractivity contribution >= 4 is 26.0 Å². The molecule has 1 fully saturated rings. The molecular formula is C11H22BrNO2S. The Bertz CT molecular complexity index is 284. The van der Waals surface area contributed by atoms with Gasteiger partial charge in [0, 0.05) is 11.4 Å². The van der Waals surface area contributed by atoms with Gasteiger partial charge in [0.2, 0.25) is 10.0 Å². The van der Waals surface area contributed by atoms with Gasteiger partial charge in [-0.3, -0.25) is 0 Å². The number of rotatable bonds is 6. The third-order valence-electron chi connectivity index (χ3n) is 3.13. The first-order chi connectivity index (χ1) is 7.53. The van der Waals surface area contributed by atoms with Crippen molar-refractivity contribution < 1.29 is 8.42 Å². The maximum absolute atomic E-state index is 11.6. The summed E-state index contributed by atoms with van der Waals surface area (Å²) in [5.41, 5.74) is 0. The Morgan fingerprint density at radius 3 is 2.44 bits per heavy atom. The molecule has 0 aromatic heterocycles. The summed E-state index contributed by atoms with van der Waals surface area (Å²) in [4.78, 5) is 0.639. The molecule has 1 aliphatic carbocycles. The van der Waals surface area contributed by atoms with Crippen LogP contribution in [0.15, 0.2) is 0 Å². The zero-order valence-corrected chi connectivity index (χ0v) is 12.3. The lowest BCUT2D eigenvalue weighted by Gasteiger charge is -2.25. The van der Waals surface area contributed by atoms with E-state index in [1.165, 1.54) is 12.8 Å². The molecule has 5 heteroatoms. The zero-order chi connectivity index (χ0) is 12.0. The Morgan fingerprint density at radius 2 is 1.88 bits per heavy atom. The molecule has 0 bridgehead atoms. The second-order valence-corrected chi connectivity index (χ2v) is 7.86. The van der Waals surface area contributed by atoms with E-state index in [1.807, 2.05) is 6.92 Å². The molecule has 0 heterocycles. The molecular weight excluding hydrogens is 290 g/mol. The minimum atomic E-state index is -3.02. The Morgan fingerprint density at radius 1 is 1.25 bits per heavy atom. The van der Waals surface area contributed by atoms with E-state index in [4.69, 9.17) is 0 Å². The molecule has 0 aliphatic heterocycles. The minimum Gasteiger partial charge on any atom is -0.215 e. The summed E-state index contributed by atoms with van der Waals surface area (Å²) >= 11 is 3.60. The fraction of sp³-hybridized carbons (Fsp3) is 1.00. The molecule has 0 saturated heterocycles. The second-order valence-electron chi connectivity index (χ2n) is 4.64. The molecule has 3 nitrogen and oxygen atoms in total. The molecule has 0 aromatic rings. The van der Waals surface area contributed by atoms with Crippen molar-refractivity contribution in [2.24, 2.45) is 5.92 Å². The van der Waals surface area contributed by atoms with E-state index in [9.17, 15) is 8.42 Å². The Kier molecular flexibility index (Phi) is 6.29. The van der Waals surface area contributed by atoms with Crippen LogP contribution in [0, 0.1) is 5.92 Å². The molecule has 0 radical (unpaired) electrons. The van der Waals surface area contributed by atoms with Gasteiger partial charge in [0.25, 0.3) is 0 Å². The smallest absolute Gasteiger partial charge is 0.211 e. The summed E-state index contributed by atoms with van der Waals surface area (Å²) in [5.74, 6) is 0.808. The Balaban J connectivity index is 2.23. The lowest BCUT2D eigenvalue weighted by molar-refractivity contribution is 0.366. The van der Waals surface area contributed by atoms with E-state index in [-0.39, 0.29) is 5.75 Å². The minimum absolute atomic E-state index is 0.275. The molecule has 1 N–H and O–H groups in total. The summed E-state index contributed by atoms with van der Waals surface area (Å²) in [7, 11) is -3.02. The Labute approximate surface area is 108 Å². The quantitative estimate of drug-likeness (QED) is 0.767. The molecule has 0 unspecified atom stereocenters. The number of alkyl halides is 1. The SMILES string of the molecule is CCCCS(=O)(=O)NCC1CCC(Br)CC1. The Hall–Kier alpha value is 0.390.